The Balaban J connectivity index is 2.32. The van der Waals surface area contributed by atoms with Crippen molar-refractivity contribution in [1.29, 1.82) is 0 Å². The minimum absolute atomic E-state index is 0.105. The van der Waals surface area contributed by atoms with Gasteiger partial charge in [-0.05, 0) is 24.1 Å². The highest BCUT2D eigenvalue weighted by Gasteiger charge is 1.97. The van der Waals surface area contributed by atoms with Crippen molar-refractivity contribution in [2.45, 2.75) is 32.6 Å². The predicted molar refractivity (Wildman–Crippen MR) is 66.3 cm³/mol. The summed E-state index contributed by atoms with van der Waals surface area (Å²) in [5, 5.41) is 3.77. The van der Waals surface area contributed by atoms with Crippen LogP contribution < -0.4 is 5.43 Å². The summed E-state index contributed by atoms with van der Waals surface area (Å²) in [6, 6.07) is 6.03. The average Bonchev–Trinajstić information content (AvgIpc) is 2.29. The van der Waals surface area contributed by atoms with Gasteiger partial charge in [0.05, 0.1) is 6.21 Å². The minimum Gasteiger partial charge on any atom is -0.273 e. The number of benzene rings is 1. The Morgan fingerprint density at radius 3 is 3.00 bits per heavy atom. The van der Waals surface area contributed by atoms with E-state index in [1.54, 1.807) is 12.1 Å². The van der Waals surface area contributed by atoms with Gasteiger partial charge in [-0.25, -0.2) is 9.82 Å². The molecule has 0 saturated carbocycles. The number of rotatable bonds is 6. The quantitative estimate of drug-likeness (QED) is 0.460. The normalized spacial score (nSPS) is 10.7. The molecule has 3 nitrogen and oxygen atoms in total. The molecule has 17 heavy (non-hydrogen) atoms. The number of carbonyl (C=O) groups is 1. The summed E-state index contributed by atoms with van der Waals surface area (Å²) in [5.74, 6) is -0.422. The van der Waals surface area contributed by atoms with Gasteiger partial charge in [0, 0.05) is 6.42 Å². The van der Waals surface area contributed by atoms with Gasteiger partial charge in [-0.2, -0.15) is 5.10 Å². The van der Waals surface area contributed by atoms with Gasteiger partial charge in [-0.1, -0.05) is 31.9 Å². The third kappa shape index (κ3) is 5.80. The molecule has 4 heteroatoms. The van der Waals surface area contributed by atoms with Gasteiger partial charge in [-0.3, -0.25) is 4.79 Å². The first-order valence-corrected chi connectivity index (χ1v) is 5.80. The highest BCUT2D eigenvalue weighted by atomic mass is 19.1. The standard InChI is InChI=1S/C13H17FN2O/c1-2-3-4-8-13(17)16-15-10-11-6-5-7-12(14)9-11/h5-7,9-10H,2-4,8H2,1H3,(H,16,17). The summed E-state index contributed by atoms with van der Waals surface area (Å²) in [6.07, 6.45) is 4.91. The Morgan fingerprint density at radius 2 is 2.29 bits per heavy atom. The molecule has 1 rings (SSSR count). The van der Waals surface area contributed by atoms with E-state index < -0.39 is 0 Å². The number of halogens is 1. The van der Waals surface area contributed by atoms with E-state index in [2.05, 4.69) is 17.5 Å². The SMILES string of the molecule is CCCCCC(=O)NN=Cc1cccc(F)c1. The third-order valence-electron chi connectivity index (χ3n) is 2.26. The van der Waals surface area contributed by atoms with Crippen LogP contribution in [0.3, 0.4) is 0 Å². The number of carbonyl (C=O) groups excluding carboxylic acids is 1. The van der Waals surface area contributed by atoms with E-state index in [0.717, 1.165) is 19.3 Å². The topological polar surface area (TPSA) is 41.5 Å². The summed E-state index contributed by atoms with van der Waals surface area (Å²) < 4.78 is 12.8. The molecule has 0 aliphatic rings. The van der Waals surface area contributed by atoms with Gasteiger partial charge >= 0.3 is 0 Å². The van der Waals surface area contributed by atoms with Crippen LogP contribution >= 0.6 is 0 Å². The lowest BCUT2D eigenvalue weighted by molar-refractivity contribution is -0.121. The zero-order valence-electron chi connectivity index (χ0n) is 9.95. The van der Waals surface area contributed by atoms with Gasteiger partial charge in [0.25, 0.3) is 0 Å². The lowest BCUT2D eigenvalue weighted by atomic mass is 10.2. The molecule has 0 spiro atoms. The Labute approximate surface area is 101 Å². The maximum absolute atomic E-state index is 12.8. The lowest BCUT2D eigenvalue weighted by Gasteiger charge is -1.98. The number of hydrogen-bond donors (Lipinski definition) is 1. The highest BCUT2D eigenvalue weighted by molar-refractivity contribution is 5.82. The zero-order valence-corrected chi connectivity index (χ0v) is 9.95. The van der Waals surface area contributed by atoms with Gasteiger partial charge in [0.2, 0.25) is 5.91 Å². The maximum Gasteiger partial charge on any atom is 0.240 e. The zero-order chi connectivity index (χ0) is 12.5. The van der Waals surface area contributed by atoms with Crippen molar-refractivity contribution in [2.75, 3.05) is 0 Å². The Bertz CT molecular complexity index is 391. The lowest BCUT2D eigenvalue weighted by Crippen LogP contribution is -2.16. The summed E-state index contributed by atoms with van der Waals surface area (Å²) >= 11 is 0. The van der Waals surface area contributed by atoms with Crippen LogP contribution in [0, 0.1) is 5.82 Å². The van der Waals surface area contributed by atoms with Crippen LogP contribution in [-0.4, -0.2) is 12.1 Å². The molecule has 0 unspecified atom stereocenters. The van der Waals surface area contributed by atoms with Crippen LogP contribution in [0.4, 0.5) is 4.39 Å². The molecule has 0 bridgehead atoms. The Hall–Kier alpha value is -1.71. The fourth-order valence-corrected chi connectivity index (χ4v) is 1.36. The molecule has 0 aliphatic heterocycles. The van der Waals surface area contributed by atoms with Crippen molar-refractivity contribution in [1.82, 2.24) is 5.43 Å². The minimum atomic E-state index is -0.316. The second kappa shape index (κ2) is 7.54. The Kier molecular flexibility index (Phi) is 5.93. The molecule has 0 aromatic heterocycles. The largest absolute Gasteiger partial charge is 0.273 e. The third-order valence-corrected chi connectivity index (χ3v) is 2.26. The van der Waals surface area contributed by atoms with Crippen LogP contribution in [0.5, 0.6) is 0 Å². The second-order valence-corrected chi connectivity index (χ2v) is 3.81. The molecular weight excluding hydrogens is 219 g/mol. The molecule has 1 N–H and O–H groups in total. The number of amides is 1. The van der Waals surface area contributed by atoms with E-state index in [1.165, 1.54) is 18.3 Å². The molecule has 0 radical (unpaired) electrons. The molecular formula is C13H17FN2O. The second-order valence-electron chi connectivity index (χ2n) is 3.81. The number of unbranched alkanes of at least 4 members (excludes halogenated alkanes) is 2. The van der Waals surface area contributed by atoms with Crippen LogP contribution in [0.15, 0.2) is 29.4 Å². The van der Waals surface area contributed by atoms with E-state index >= 15 is 0 Å². The first kappa shape index (κ1) is 13.4. The first-order chi connectivity index (χ1) is 8.22. The van der Waals surface area contributed by atoms with Crippen molar-refractivity contribution in [3.8, 4) is 0 Å². The fraction of sp³-hybridized carbons (Fsp3) is 0.385. The summed E-state index contributed by atoms with van der Waals surface area (Å²) in [7, 11) is 0. The van der Waals surface area contributed by atoms with Crippen molar-refractivity contribution < 1.29 is 9.18 Å². The van der Waals surface area contributed by atoms with E-state index in [0.29, 0.717) is 12.0 Å². The van der Waals surface area contributed by atoms with Crippen LogP contribution in [0.2, 0.25) is 0 Å². The number of nitrogens with zero attached hydrogens (tertiary/aromatic N) is 1. The van der Waals surface area contributed by atoms with Crippen LogP contribution in [-0.2, 0) is 4.79 Å². The first-order valence-electron chi connectivity index (χ1n) is 5.80. The van der Waals surface area contributed by atoms with Crippen molar-refractivity contribution in [3.05, 3.63) is 35.6 Å². The number of hydrogen-bond acceptors (Lipinski definition) is 2. The van der Waals surface area contributed by atoms with Crippen molar-refractivity contribution >= 4 is 12.1 Å². The number of hydrazone groups is 1. The van der Waals surface area contributed by atoms with Gasteiger partial charge in [0.15, 0.2) is 0 Å². The molecule has 1 aromatic rings. The molecule has 1 amide bonds. The summed E-state index contributed by atoms with van der Waals surface area (Å²) in [5.41, 5.74) is 3.04. The molecule has 0 atom stereocenters. The molecule has 1 aromatic carbocycles. The van der Waals surface area contributed by atoms with E-state index in [1.807, 2.05) is 0 Å². The van der Waals surface area contributed by atoms with Gasteiger partial charge in [-0.15, -0.1) is 0 Å². The average molecular weight is 236 g/mol. The monoisotopic (exact) mass is 236 g/mol. The van der Waals surface area contributed by atoms with Crippen molar-refractivity contribution in [3.63, 3.8) is 0 Å². The van der Waals surface area contributed by atoms with E-state index in [-0.39, 0.29) is 11.7 Å². The Morgan fingerprint density at radius 1 is 1.47 bits per heavy atom. The molecule has 0 saturated heterocycles. The summed E-state index contributed by atoms with van der Waals surface area (Å²) in [6.45, 7) is 2.08. The van der Waals surface area contributed by atoms with Gasteiger partial charge in [0.1, 0.15) is 5.82 Å². The van der Waals surface area contributed by atoms with E-state index in [9.17, 15) is 9.18 Å². The molecule has 92 valence electrons. The number of nitrogens with one attached hydrogen (secondary N) is 1. The molecule has 0 aliphatic carbocycles. The fourth-order valence-electron chi connectivity index (χ4n) is 1.36. The smallest absolute Gasteiger partial charge is 0.240 e. The predicted octanol–water partition coefficient (Wildman–Crippen LogP) is 2.86. The molecule has 0 fully saturated rings. The van der Waals surface area contributed by atoms with Crippen LogP contribution in [0.1, 0.15) is 38.2 Å². The highest BCUT2D eigenvalue weighted by Crippen LogP contribution is 2.00. The maximum atomic E-state index is 12.8. The van der Waals surface area contributed by atoms with E-state index in [4.69, 9.17) is 0 Å². The summed E-state index contributed by atoms with van der Waals surface area (Å²) in [4.78, 5) is 11.3. The van der Waals surface area contributed by atoms with Crippen LogP contribution in [0.25, 0.3) is 0 Å². The van der Waals surface area contributed by atoms with Gasteiger partial charge < -0.3 is 0 Å². The molecule has 0 heterocycles. The van der Waals surface area contributed by atoms with Crippen molar-refractivity contribution in [2.24, 2.45) is 5.10 Å².